The minimum Gasteiger partial charge on any atom is -0.316 e. The second-order valence-corrected chi connectivity index (χ2v) is 7.80. The highest BCUT2D eigenvalue weighted by molar-refractivity contribution is 8.00. The van der Waals surface area contributed by atoms with Gasteiger partial charge in [-0.2, -0.15) is 21.2 Å². The molecule has 1 saturated heterocycles. The number of nitrogens with one attached hydrogen (secondary N) is 2. The van der Waals surface area contributed by atoms with Crippen molar-refractivity contribution in [1.82, 2.24) is 19.8 Å². The van der Waals surface area contributed by atoms with Crippen LogP contribution >= 0.6 is 11.8 Å². The van der Waals surface area contributed by atoms with Crippen LogP contribution in [0.4, 0.5) is 0 Å². The molecule has 2 heterocycles. The van der Waals surface area contributed by atoms with Crippen LogP contribution in [0.3, 0.4) is 0 Å². The van der Waals surface area contributed by atoms with Gasteiger partial charge in [-0.1, -0.05) is 6.92 Å². The summed E-state index contributed by atoms with van der Waals surface area (Å²) in [6, 6.07) is 0. The lowest BCUT2D eigenvalue weighted by atomic mass is 10.3. The monoisotopic (exact) mass is 304 g/mol. The molecule has 0 aromatic carbocycles. The van der Waals surface area contributed by atoms with Crippen molar-refractivity contribution >= 4 is 21.8 Å². The second kappa shape index (κ2) is 6.25. The SMILES string of the molecule is CCC1CN(S(=O)(=O)c2[nH]ncc2CNC)CCS1. The number of nitrogens with zero attached hydrogens (tertiary/aromatic N) is 2. The Morgan fingerprint density at radius 3 is 3.11 bits per heavy atom. The van der Waals surface area contributed by atoms with Gasteiger partial charge in [-0.05, 0) is 13.5 Å². The first-order valence-corrected chi connectivity index (χ1v) is 8.87. The number of aromatic nitrogens is 2. The van der Waals surface area contributed by atoms with Crippen molar-refractivity contribution in [2.75, 3.05) is 25.9 Å². The van der Waals surface area contributed by atoms with E-state index in [2.05, 4.69) is 22.4 Å². The van der Waals surface area contributed by atoms with Crippen molar-refractivity contribution in [2.24, 2.45) is 0 Å². The molecule has 1 unspecified atom stereocenters. The van der Waals surface area contributed by atoms with Crippen LogP contribution in [-0.2, 0) is 16.6 Å². The molecular weight excluding hydrogens is 284 g/mol. The van der Waals surface area contributed by atoms with Crippen LogP contribution < -0.4 is 5.32 Å². The first kappa shape index (κ1) is 14.8. The summed E-state index contributed by atoms with van der Waals surface area (Å²) in [7, 11) is -1.67. The van der Waals surface area contributed by atoms with Gasteiger partial charge >= 0.3 is 0 Å². The van der Waals surface area contributed by atoms with Crippen LogP contribution in [0.5, 0.6) is 0 Å². The predicted molar refractivity (Wildman–Crippen MR) is 76.6 cm³/mol. The van der Waals surface area contributed by atoms with Crippen molar-refractivity contribution in [3.05, 3.63) is 11.8 Å². The smallest absolute Gasteiger partial charge is 0.260 e. The molecule has 0 amide bonds. The molecule has 0 spiro atoms. The first-order chi connectivity index (χ1) is 9.09. The van der Waals surface area contributed by atoms with Crippen LogP contribution in [0.25, 0.3) is 0 Å². The van der Waals surface area contributed by atoms with Gasteiger partial charge in [0, 0.05) is 36.2 Å². The maximum absolute atomic E-state index is 12.6. The second-order valence-electron chi connectivity index (χ2n) is 4.52. The molecule has 0 bridgehead atoms. The zero-order chi connectivity index (χ0) is 13.9. The van der Waals surface area contributed by atoms with E-state index in [4.69, 9.17) is 0 Å². The van der Waals surface area contributed by atoms with Crippen LogP contribution in [-0.4, -0.2) is 54.1 Å². The van der Waals surface area contributed by atoms with Gasteiger partial charge in [0.15, 0.2) is 5.03 Å². The summed E-state index contributed by atoms with van der Waals surface area (Å²) < 4.78 is 26.8. The summed E-state index contributed by atoms with van der Waals surface area (Å²) in [6.45, 7) is 3.74. The summed E-state index contributed by atoms with van der Waals surface area (Å²) in [5.41, 5.74) is 0.689. The summed E-state index contributed by atoms with van der Waals surface area (Å²) in [5.74, 6) is 0.854. The highest BCUT2D eigenvalue weighted by atomic mass is 32.2. The van der Waals surface area contributed by atoms with Crippen molar-refractivity contribution < 1.29 is 8.42 Å². The zero-order valence-electron chi connectivity index (χ0n) is 11.2. The molecular formula is C11H20N4O2S2. The third-order valence-corrected chi connectivity index (χ3v) is 6.45. The van der Waals surface area contributed by atoms with Crippen molar-refractivity contribution in [3.63, 3.8) is 0 Å². The third kappa shape index (κ3) is 3.13. The summed E-state index contributed by atoms with van der Waals surface area (Å²) in [5, 5.41) is 10.1. The molecule has 1 fully saturated rings. The molecule has 2 N–H and O–H groups in total. The van der Waals surface area contributed by atoms with Gasteiger partial charge in [-0.15, -0.1) is 0 Å². The van der Waals surface area contributed by atoms with E-state index in [0.717, 1.165) is 12.2 Å². The van der Waals surface area contributed by atoms with Crippen LogP contribution in [0.15, 0.2) is 11.2 Å². The molecule has 0 aliphatic carbocycles. The van der Waals surface area contributed by atoms with Crippen LogP contribution in [0.1, 0.15) is 18.9 Å². The van der Waals surface area contributed by atoms with Gasteiger partial charge in [-0.3, -0.25) is 5.10 Å². The molecule has 1 aliphatic heterocycles. The third-order valence-electron chi connectivity index (χ3n) is 3.20. The number of sulfonamides is 1. The number of aromatic amines is 1. The molecule has 108 valence electrons. The summed E-state index contributed by atoms with van der Waals surface area (Å²) in [6.07, 6.45) is 2.56. The van der Waals surface area contributed by atoms with E-state index >= 15 is 0 Å². The highest BCUT2D eigenvalue weighted by Crippen LogP contribution is 2.26. The number of H-pyrrole nitrogens is 1. The molecule has 8 heteroatoms. The van der Waals surface area contributed by atoms with Crippen molar-refractivity contribution in [3.8, 4) is 0 Å². The minimum absolute atomic E-state index is 0.226. The molecule has 6 nitrogen and oxygen atoms in total. The zero-order valence-corrected chi connectivity index (χ0v) is 12.9. The lowest BCUT2D eigenvalue weighted by molar-refractivity contribution is 0.413. The largest absolute Gasteiger partial charge is 0.316 e. The fraction of sp³-hybridized carbons (Fsp3) is 0.727. The van der Waals surface area contributed by atoms with Crippen LogP contribution in [0, 0.1) is 0 Å². The van der Waals surface area contributed by atoms with Gasteiger partial charge in [0.1, 0.15) is 0 Å². The lowest BCUT2D eigenvalue weighted by Gasteiger charge is -2.30. The van der Waals surface area contributed by atoms with E-state index in [-0.39, 0.29) is 5.03 Å². The van der Waals surface area contributed by atoms with Gasteiger partial charge in [0.05, 0.1) is 6.20 Å². The van der Waals surface area contributed by atoms with E-state index in [0.29, 0.717) is 30.4 Å². The quantitative estimate of drug-likeness (QED) is 0.835. The van der Waals surface area contributed by atoms with Gasteiger partial charge < -0.3 is 5.32 Å². The molecule has 1 aliphatic rings. The Morgan fingerprint density at radius 2 is 2.42 bits per heavy atom. The molecule has 0 radical (unpaired) electrons. The fourth-order valence-electron chi connectivity index (χ4n) is 2.13. The average Bonchev–Trinajstić information content (AvgIpc) is 2.88. The number of thioether (sulfide) groups is 1. The molecule has 19 heavy (non-hydrogen) atoms. The molecule has 0 saturated carbocycles. The Balaban J connectivity index is 2.23. The molecule has 1 aromatic heterocycles. The minimum atomic E-state index is -3.45. The number of rotatable bonds is 5. The molecule has 2 rings (SSSR count). The first-order valence-electron chi connectivity index (χ1n) is 6.38. The van der Waals surface area contributed by atoms with E-state index in [9.17, 15) is 8.42 Å². The van der Waals surface area contributed by atoms with E-state index in [1.165, 1.54) is 0 Å². The summed E-state index contributed by atoms with van der Waals surface area (Å²) in [4.78, 5) is 0. The maximum Gasteiger partial charge on any atom is 0.260 e. The highest BCUT2D eigenvalue weighted by Gasteiger charge is 2.32. The predicted octanol–water partition coefficient (Wildman–Crippen LogP) is 0.645. The molecule has 1 aromatic rings. The Kier molecular flexibility index (Phi) is 4.88. The molecule has 1 atom stereocenters. The van der Waals surface area contributed by atoms with Crippen LogP contribution in [0.2, 0.25) is 0 Å². The topological polar surface area (TPSA) is 78.1 Å². The Morgan fingerprint density at radius 1 is 1.63 bits per heavy atom. The Labute approximate surface area is 118 Å². The normalized spacial score (nSPS) is 21.7. The average molecular weight is 304 g/mol. The Hall–Kier alpha value is -0.570. The standard InChI is InChI=1S/C11H20N4O2S2/c1-3-10-8-15(4-5-18-10)19(16,17)11-9(6-12-2)7-13-14-11/h7,10,12H,3-6,8H2,1-2H3,(H,13,14). The van der Waals surface area contributed by atoms with Gasteiger partial charge in [0.2, 0.25) is 0 Å². The van der Waals surface area contributed by atoms with E-state index in [1.54, 1.807) is 17.5 Å². The van der Waals surface area contributed by atoms with E-state index < -0.39 is 10.0 Å². The van der Waals surface area contributed by atoms with Crippen molar-refractivity contribution in [2.45, 2.75) is 30.2 Å². The summed E-state index contributed by atoms with van der Waals surface area (Å²) >= 11 is 1.85. The van der Waals surface area contributed by atoms with E-state index in [1.807, 2.05) is 11.8 Å². The fourth-order valence-corrected chi connectivity index (χ4v) is 5.11. The maximum atomic E-state index is 12.6. The van der Waals surface area contributed by atoms with Gasteiger partial charge in [-0.25, -0.2) is 8.42 Å². The lowest BCUT2D eigenvalue weighted by Crippen LogP contribution is -2.42. The Bertz CT molecular complexity index is 515. The number of hydrogen-bond acceptors (Lipinski definition) is 5. The number of hydrogen-bond donors (Lipinski definition) is 2. The van der Waals surface area contributed by atoms with Crippen molar-refractivity contribution in [1.29, 1.82) is 0 Å². The van der Waals surface area contributed by atoms with Gasteiger partial charge in [0.25, 0.3) is 10.0 Å².